The third kappa shape index (κ3) is 3.94. The molecule has 0 saturated heterocycles. The third-order valence-corrected chi connectivity index (χ3v) is 8.17. The first-order valence-corrected chi connectivity index (χ1v) is 12.5. The van der Waals surface area contributed by atoms with Crippen molar-refractivity contribution in [2.24, 2.45) is 0 Å². The van der Waals surface area contributed by atoms with Gasteiger partial charge >= 0.3 is 0 Å². The highest BCUT2D eigenvalue weighted by Crippen LogP contribution is 2.35. The van der Waals surface area contributed by atoms with Crippen molar-refractivity contribution in [3.05, 3.63) is 86.0 Å². The van der Waals surface area contributed by atoms with E-state index < -0.39 is 0 Å². The minimum Gasteiger partial charge on any atom is -0.298 e. The standard InChI is InChI=1S/C24H22ClN3OS2/c1-2-27-13-12-18-20(14-27)31-22-21(18)23(29)28(17-9-4-3-5-10-17)24(26-22)30-15-16-8-6-7-11-19(16)25/h3-11H,2,12-15H2,1H3. The minimum absolute atomic E-state index is 0.0281. The van der Waals surface area contributed by atoms with Gasteiger partial charge in [-0.05, 0) is 42.3 Å². The van der Waals surface area contributed by atoms with E-state index in [1.54, 1.807) is 27.7 Å². The summed E-state index contributed by atoms with van der Waals surface area (Å²) in [6, 6.07) is 17.6. The zero-order chi connectivity index (χ0) is 21.4. The van der Waals surface area contributed by atoms with Gasteiger partial charge in [0.1, 0.15) is 4.83 Å². The van der Waals surface area contributed by atoms with Crippen LogP contribution in [0, 0.1) is 0 Å². The van der Waals surface area contributed by atoms with Crippen LogP contribution in [0.3, 0.4) is 0 Å². The number of thioether (sulfide) groups is 1. The van der Waals surface area contributed by atoms with Crippen LogP contribution in [-0.2, 0) is 18.7 Å². The first-order chi connectivity index (χ1) is 15.2. The Labute approximate surface area is 194 Å². The summed E-state index contributed by atoms with van der Waals surface area (Å²) < 4.78 is 1.77. The Balaban J connectivity index is 1.65. The maximum Gasteiger partial charge on any atom is 0.267 e. The molecule has 7 heteroatoms. The molecule has 0 amide bonds. The summed E-state index contributed by atoms with van der Waals surface area (Å²) in [5.41, 5.74) is 3.09. The fraction of sp³-hybridized carbons (Fsp3) is 0.250. The quantitative estimate of drug-likeness (QED) is 0.276. The average molecular weight is 468 g/mol. The number of para-hydroxylation sites is 1. The van der Waals surface area contributed by atoms with Crippen LogP contribution >= 0.6 is 34.7 Å². The van der Waals surface area contributed by atoms with Crippen molar-refractivity contribution in [2.75, 3.05) is 13.1 Å². The van der Waals surface area contributed by atoms with Crippen LogP contribution in [0.2, 0.25) is 5.02 Å². The molecule has 4 nitrogen and oxygen atoms in total. The lowest BCUT2D eigenvalue weighted by molar-refractivity contribution is 0.272. The highest BCUT2D eigenvalue weighted by atomic mass is 35.5. The Kier molecular flexibility index (Phi) is 5.89. The van der Waals surface area contributed by atoms with E-state index in [4.69, 9.17) is 16.6 Å². The highest BCUT2D eigenvalue weighted by molar-refractivity contribution is 7.98. The summed E-state index contributed by atoms with van der Waals surface area (Å²) in [5, 5.41) is 2.23. The van der Waals surface area contributed by atoms with E-state index in [0.717, 1.165) is 52.5 Å². The van der Waals surface area contributed by atoms with E-state index in [1.165, 1.54) is 10.4 Å². The van der Waals surface area contributed by atoms with Crippen LogP contribution < -0.4 is 5.56 Å². The van der Waals surface area contributed by atoms with E-state index >= 15 is 0 Å². The molecule has 2 aromatic carbocycles. The molecule has 4 aromatic rings. The molecular weight excluding hydrogens is 446 g/mol. The lowest BCUT2D eigenvalue weighted by Crippen LogP contribution is -2.30. The van der Waals surface area contributed by atoms with Crippen molar-refractivity contribution in [1.29, 1.82) is 0 Å². The van der Waals surface area contributed by atoms with E-state index in [-0.39, 0.29) is 5.56 Å². The number of hydrogen-bond donors (Lipinski definition) is 0. The van der Waals surface area contributed by atoms with Gasteiger partial charge in [-0.1, -0.05) is 66.7 Å². The van der Waals surface area contributed by atoms with Crippen LogP contribution in [0.1, 0.15) is 22.9 Å². The molecule has 0 N–H and O–H groups in total. The lowest BCUT2D eigenvalue weighted by atomic mass is 10.1. The molecule has 0 unspecified atom stereocenters. The van der Waals surface area contributed by atoms with Crippen LogP contribution in [-0.4, -0.2) is 27.5 Å². The maximum atomic E-state index is 13.8. The molecule has 1 aliphatic heterocycles. The maximum absolute atomic E-state index is 13.8. The molecule has 158 valence electrons. The Hall–Kier alpha value is -2.12. The molecule has 0 radical (unpaired) electrons. The Morgan fingerprint density at radius 2 is 1.90 bits per heavy atom. The van der Waals surface area contributed by atoms with Crippen LogP contribution in [0.15, 0.2) is 64.5 Å². The second kappa shape index (κ2) is 8.79. The molecule has 3 heterocycles. The first-order valence-electron chi connectivity index (χ1n) is 10.4. The number of likely N-dealkylation sites (N-methyl/N-ethyl adjacent to an activating group) is 1. The van der Waals surface area contributed by atoms with Crippen LogP contribution in [0.5, 0.6) is 0 Å². The number of rotatable bonds is 5. The molecule has 1 aliphatic rings. The zero-order valence-corrected chi connectivity index (χ0v) is 19.6. The summed E-state index contributed by atoms with van der Waals surface area (Å²) in [6.07, 6.45) is 0.904. The molecule has 0 aliphatic carbocycles. The summed E-state index contributed by atoms with van der Waals surface area (Å²) in [4.78, 5) is 23.3. The van der Waals surface area contributed by atoms with Crippen molar-refractivity contribution in [3.63, 3.8) is 0 Å². The van der Waals surface area contributed by atoms with E-state index in [2.05, 4.69) is 11.8 Å². The molecule has 0 fully saturated rings. The van der Waals surface area contributed by atoms with Gasteiger partial charge in [0, 0.05) is 28.7 Å². The minimum atomic E-state index is 0.0281. The predicted octanol–water partition coefficient (Wildman–Crippen LogP) is 5.77. The van der Waals surface area contributed by atoms with Gasteiger partial charge in [-0.2, -0.15) is 0 Å². The smallest absolute Gasteiger partial charge is 0.267 e. The summed E-state index contributed by atoms with van der Waals surface area (Å²) in [7, 11) is 0. The lowest BCUT2D eigenvalue weighted by Gasteiger charge is -2.25. The highest BCUT2D eigenvalue weighted by Gasteiger charge is 2.25. The normalized spacial score (nSPS) is 14.1. The van der Waals surface area contributed by atoms with Gasteiger partial charge in [-0.3, -0.25) is 14.3 Å². The van der Waals surface area contributed by atoms with Gasteiger partial charge in [0.2, 0.25) is 0 Å². The van der Waals surface area contributed by atoms with Crippen molar-refractivity contribution >= 4 is 44.9 Å². The van der Waals surface area contributed by atoms with Crippen molar-refractivity contribution in [3.8, 4) is 5.69 Å². The Morgan fingerprint density at radius 1 is 1.13 bits per heavy atom. The Bertz CT molecular complexity index is 1300. The average Bonchev–Trinajstić information content (AvgIpc) is 3.16. The van der Waals surface area contributed by atoms with Crippen LogP contribution in [0.25, 0.3) is 15.9 Å². The SMILES string of the molecule is CCN1CCc2c(sc3nc(SCc4ccccc4Cl)n(-c4ccccc4)c(=O)c23)C1. The molecule has 0 bridgehead atoms. The van der Waals surface area contributed by atoms with Crippen molar-refractivity contribution in [2.45, 2.75) is 30.8 Å². The fourth-order valence-corrected chi connectivity index (χ4v) is 6.61. The predicted molar refractivity (Wildman–Crippen MR) is 131 cm³/mol. The van der Waals surface area contributed by atoms with Crippen LogP contribution in [0.4, 0.5) is 0 Å². The molecule has 2 aromatic heterocycles. The summed E-state index contributed by atoms with van der Waals surface area (Å²) in [6.45, 7) is 5.10. The summed E-state index contributed by atoms with van der Waals surface area (Å²) in [5.74, 6) is 0.652. The molecule has 31 heavy (non-hydrogen) atoms. The summed E-state index contributed by atoms with van der Waals surface area (Å²) >= 11 is 9.59. The number of thiophene rings is 1. The first kappa shape index (κ1) is 20.8. The third-order valence-electron chi connectivity index (χ3n) is 5.70. The number of fused-ring (bicyclic) bond motifs is 3. The van der Waals surface area contributed by atoms with E-state index in [0.29, 0.717) is 10.9 Å². The Morgan fingerprint density at radius 3 is 2.68 bits per heavy atom. The fourth-order valence-electron chi connectivity index (χ4n) is 4.01. The monoisotopic (exact) mass is 467 g/mol. The van der Waals surface area contributed by atoms with Crippen molar-refractivity contribution in [1.82, 2.24) is 14.5 Å². The second-order valence-electron chi connectivity index (χ2n) is 7.55. The molecule has 0 atom stereocenters. The molecule has 0 spiro atoms. The van der Waals surface area contributed by atoms with Gasteiger partial charge in [0.05, 0.1) is 11.1 Å². The largest absolute Gasteiger partial charge is 0.298 e. The topological polar surface area (TPSA) is 38.1 Å². The number of benzene rings is 2. The molecular formula is C24H22ClN3OS2. The molecule has 0 saturated carbocycles. The number of aromatic nitrogens is 2. The van der Waals surface area contributed by atoms with E-state index in [9.17, 15) is 4.79 Å². The van der Waals surface area contributed by atoms with Crippen molar-refractivity contribution < 1.29 is 0 Å². The van der Waals surface area contributed by atoms with Gasteiger partial charge in [0.15, 0.2) is 5.16 Å². The van der Waals surface area contributed by atoms with Gasteiger partial charge in [-0.25, -0.2) is 4.98 Å². The number of halogens is 1. The number of hydrogen-bond acceptors (Lipinski definition) is 5. The van der Waals surface area contributed by atoms with Gasteiger partial charge < -0.3 is 0 Å². The van der Waals surface area contributed by atoms with Gasteiger partial charge in [-0.15, -0.1) is 11.3 Å². The molecule has 5 rings (SSSR count). The number of nitrogens with zero attached hydrogens (tertiary/aromatic N) is 3. The van der Waals surface area contributed by atoms with E-state index in [1.807, 2.05) is 54.6 Å². The zero-order valence-electron chi connectivity index (χ0n) is 17.2. The second-order valence-corrected chi connectivity index (χ2v) is 9.99. The van der Waals surface area contributed by atoms with Gasteiger partial charge in [0.25, 0.3) is 5.56 Å².